The molecule has 1 aromatic rings. The van der Waals surface area contributed by atoms with Gasteiger partial charge in [0.1, 0.15) is 0 Å². The second-order valence-corrected chi connectivity index (χ2v) is 6.60. The van der Waals surface area contributed by atoms with E-state index >= 15 is 0 Å². The predicted octanol–water partition coefficient (Wildman–Crippen LogP) is 3.73. The first kappa shape index (κ1) is 14.3. The number of pyridine rings is 1. The molecule has 3 nitrogen and oxygen atoms in total. The maximum Gasteiger partial charge on any atom is 0.0686 e. The fourth-order valence-corrected chi connectivity index (χ4v) is 4.03. The van der Waals surface area contributed by atoms with Gasteiger partial charge in [-0.2, -0.15) is 0 Å². The highest BCUT2D eigenvalue weighted by atomic mass is 35.5. The predicted molar refractivity (Wildman–Crippen MR) is 80.9 cm³/mol. The molecule has 0 radical (unpaired) electrons. The monoisotopic (exact) mass is 294 g/mol. The van der Waals surface area contributed by atoms with E-state index in [1.807, 2.05) is 19.2 Å². The number of nitrogens with zero attached hydrogens (tertiary/aromatic N) is 1. The van der Waals surface area contributed by atoms with Gasteiger partial charge in [-0.05, 0) is 50.8 Å². The van der Waals surface area contributed by atoms with Crippen LogP contribution in [-0.2, 0) is 4.74 Å². The molecule has 1 spiro atoms. The Bertz CT molecular complexity index is 442. The molecule has 2 heterocycles. The topological polar surface area (TPSA) is 34.2 Å². The largest absolute Gasteiger partial charge is 0.375 e. The maximum atomic E-state index is 6.14. The van der Waals surface area contributed by atoms with Crippen molar-refractivity contribution in [3.05, 3.63) is 29.0 Å². The molecule has 1 saturated heterocycles. The Hall–Kier alpha value is -0.640. The first-order valence-corrected chi connectivity index (χ1v) is 8.03. The molecule has 1 aliphatic heterocycles. The van der Waals surface area contributed by atoms with Crippen molar-refractivity contribution in [2.75, 3.05) is 13.7 Å². The first-order valence-electron chi connectivity index (χ1n) is 7.65. The van der Waals surface area contributed by atoms with Gasteiger partial charge in [0.25, 0.3) is 0 Å². The van der Waals surface area contributed by atoms with Crippen LogP contribution in [0.5, 0.6) is 0 Å². The minimum atomic E-state index is 0.157. The van der Waals surface area contributed by atoms with E-state index in [1.54, 1.807) is 6.20 Å². The Balaban J connectivity index is 1.76. The third-order valence-corrected chi connectivity index (χ3v) is 5.12. The van der Waals surface area contributed by atoms with Gasteiger partial charge >= 0.3 is 0 Å². The van der Waals surface area contributed by atoms with Crippen LogP contribution in [0.15, 0.2) is 18.3 Å². The van der Waals surface area contributed by atoms with Gasteiger partial charge in [-0.15, -0.1) is 0 Å². The highest BCUT2D eigenvalue weighted by Crippen LogP contribution is 2.45. The van der Waals surface area contributed by atoms with E-state index in [2.05, 4.69) is 10.3 Å². The second kappa shape index (κ2) is 6.00. The molecule has 2 atom stereocenters. The first-order chi connectivity index (χ1) is 9.72. The molecule has 1 saturated carbocycles. The summed E-state index contributed by atoms with van der Waals surface area (Å²) in [6.45, 7) is 0.885. The minimum absolute atomic E-state index is 0.157. The third-order valence-electron chi connectivity index (χ3n) is 4.90. The summed E-state index contributed by atoms with van der Waals surface area (Å²) in [5, 5.41) is 4.15. The van der Waals surface area contributed by atoms with Crippen LogP contribution in [0.3, 0.4) is 0 Å². The van der Waals surface area contributed by atoms with Crippen LogP contribution in [0.2, 0.25) is 5.02 Å². The minimum Gasteiger partial charge on any atom is -0.375 e. The molecule has 20 heavy (non-hydrogen) atoms. The molecule has 2 unspecified atom stereocenters. The van der Waals surface area contributed by atoms with Crippen LogP contribution in [0.1, 0.15) is 50.3 Å². The van der Waals surface area contributed by atoms with Crippen molar-refractivity contribution in [1.29, 1.82) is 0 Å². The molecule has 0 bridgehead atoms. The molecule has 0 amide bonds. The van der Waals surface area contributed by atoms with Crippen LogP contribution in [-0.4, -0.2) is 24.2 Å². The lowest BCUT2D eigenvalue weighted by atomic mass is 9.79. The standard InChI is InChI=1S/C16H23ClN2O/c1-18-15(14-5-4-13(17)11-19-14)12-6-9-20-16(10-12)7-2-3-8-16/h4-5,11-12,15,18H,2-3,6-10H2,1H3. The Labute approximate surface area is 126 Å². The average molecular weight is 295 g/mol. The molecule has 1 N–H and O–H groups in total. The number of halogens is 1. The van der Waals surface area contributed by atoms with Gasteiger partial charge < -0.3 is 10.1 Å². The molecular weight excluding hydrogens is 272 g/mol. The summed E-state index contributed by atoms with van der Waals surface area (Å²) in [6.07, 6.45) is 9.10. The summed E-state index contributed by atoms with van der Waals surface area (Å²) < 4.78 is 6.14. The molecule has 3 rings (SSSR count). The quantitative estimate of drug-likeness (QED) is 0.922. The highest BCUT2D eigenvalue weighted by Gasteiger charge is 2.42. The molecule has 4 heteroatoms. The van der Waals surface area contributed by atoms with E-state index < -0.39 is 0 Å². The normalized spacial score (nSPS) is 26.8. The van der Waals surface area contributed by atoms with Crippen LogP contribution in [0.4, 0.5) is 0 Å². The summed E-state index contributed by atoms with van der Waals surface area (Å²) in [6, 6.07) is 4.27. The van der Waals surface area contributed by atoms with E-state index in [9.17, 15) is 0 Å². The summed E-state index contributed by atoms with van der Waals surface area (Å²) >= 11 is 5.94. The highest BCUT2D eigenvalue weighted by molar-refractivity contribution is 6.30. The lowest BCUT2D eigenvalue weighted by Gasteiger charge is -2.41. The molecular formula is C16H23ClN2O. The van der Waals surface area contributed by atoms with E-state index in [4.69, 9.17) is 16.3 Å². The molecule has 2 fully saturated rings. The Morgan fingerprint density at radius 2 is 2.20 bits per heavy atom. The summed E-state index contributed by atoms with van der Waals surface area (Å²) in [7, 11) is 2.03. The van der Waals surface area contributed by atoms with Crippen LogP contribution < -0.4 is 5.32 Å². The maximum absolute atomic E-state index is 6.14. The summed E-state index contributed by atoms with van der Waals surface area (Å²) in [4.78, 5) is 4.50. The fourth-order valence-electron chi connectivity index (χ4n) is 3.91. The molecule has 1 aromatic heterocycles. The lowest BCUT2D eigenvalue weighted by molar-refractivity contribution is -0.0980. The van der Waals surface area contributed by atoms with Gasteiger partial charge in [0.05, 0.1) is 22.4 Å². The van der Waals surface area contributed by atoms with E-state index in [0.29, 0.717) is 17.0 Å². The van der Waals surface area contributed by atoms with Gasteiger partial charge in [-0.1, -0.05) is 24.4 Å². The van der Waals surface area contributed by atoms with Crippen LogP contribution >= 0.6 is 11.6 Å². The van der Waals surface area contributed by atoms with Gasteiger partial charge in [0.15, 0.2) is 0 Å². The van der Waals surface area contributed by atoms with Gasteiger partial charge in [-0.25, -0.2) is 0 Å². The van der Waals surface area contributed by atoms with Crippen LogP contribution in [0.25, 0.3) is 0 Å². The zero-order valence-corrected chi connectivity index (χ0v) is 12.8. The number of ether oxygens (including phenoxy) is 1. The lowest BCUT2D eigenvalue weighted by Crippen LogP contribution is -2.41. The van der Waals surface area contributed by atoms with Crippen molar-refractivity contribution in [3.8, 4) is 0 Å². The third kappa shape index (κ3) is 2.85. The van der Waals surface area contributed by atoms with Crippen molar-refractivity contribution >= 4 is 11.6 Å². The van der Waals surface area contributed by atoms with Gasteiger partial charge in [0.2, 0.25) is 0 Å². The van der Waals surface area contributed by atoms with Gasteiger partial charge in [0, 0.05) is 12.8 Å². The zero-order chi connectivity index (χ0) is 14.0. The van der Waals surface area contributed by atoms with E-state index in [0.717, 1.165) is 25.1 Å². The number of rotatable bonds is 3. The molecule has 1 aliphatic carbocycles. The zero-order valence-electron chi connectivity index (χ0n) is 12.1. The Kier molecular flexibility index (Phi) is 4.29. The fraction of sp³-hybridized carbons (Fsp3) is 0.688. The molecule has 0 aromatic carbocycles. The number of hydrogen-bond donors (Lipinski definition) is 1. The number of aromatic nitrogens is 1. The molecule has 2 aliphatic rings. The summed E-state index contributed by atoms with van der Waals surface area (Å²) in [5.74, 6) is 0.598. The van der Waals surface area contributed by atoms with Crippen molar-refractivity contribution in [3.63, 3.8) is 0 Å². The number of nitrogens with one attached hydrogen (secondary N) is 1. The average Bonchev–Trinajstić information content (AvgIpc) is 2.90. The summed E-state index contributed by atoms with van der Waals surface area (Å²) in [5.41, 5.74) is 1.25. The second-order valence-electron chi connectivity index (χ2n) is 6.16. The van der Waals surface area contributed by atoms with Crippen molar-refractivity contribution < 1.29 is 4.74 Å². The van der Waals surface area contributed by atoms with Crippen LogP contribution in [0, 0.1) is 5.92 Å². The Morgan fingerprint density at radius 1 is 1.40 bits per heavy atom. The Morgan fingerprint density at radius 3 is 2.85 bits per heavy atom. The molecule has 110 valence electrons. The van der Waals surface area contributed by atoms with Gasteiger partial charge in [-0.3, -0.25) is 4.98 Å². The van der Waals surface area contributed by atoms with Crippen molar-refractivity contribution in [1.82, 2.24) is 10.3 Å². The smallest absolute Gasteiger partial charge is 0.0686 e. The van der Waals surface area contributed by atoms with E-state index in [1.165, 1.54) is 25.7 Å². The van der Waals surface area contributed by atoms with Crippen molar-refractivity contribution in [2.24, 2.45) is 5.92 Å². The van der Waals surface area contributed by atoms with Crippen molar-refractivity contribution in [2.45, 2.75) is 50.2 Å². The SMILES string of the molecule is CNC(c1ccc(Cl)cn1)C1CCOC2(CCCC2)C1. The van der Waals surface area contributed by atoms with E-state index in [-0.39, 0.29) is 5.60 Å². The number of hydrogen-bond acceptors (Lipinski definition) is 3.